The first-order valence-corrected chi connectivity index (χ1v) is 8.50. The molecule has 0 radical (unpaired) electrons. The van der Waals surface area contributed by atoms with Gasteiger partial charge in [0, 0.05) is 6.54 Å². The molecule has 1 aromatic rings. The number of halogens is 1. The predicted molar refractivity (Wildman–Crippen MR) is 81.9 cm³/mol. The molecule has 118 valence electrons. The van der Waals surface area contributed by atoms with E-state index in [0.717, 1.165) is 0 Å². The first kappa shape index (κ1) is 17.9. The van der Waals surface area contributed by atoms with E-state index in [2.05, 4.69) is 20.7 Å². The molecule has 1 aromatic carbocycles. The summed E-state index contributed by atoms with van der Waals surface area (Å²) < 4.78 is 32.3. The Bertz CT molecular complexity index is 631. The Labute approximate surface area is 132 Å². The number of carboxylic acid groups (broad SMARTS) is 1. The number of hydrogen-bond donors (Lipinski definition) is 2. The molecule has 0 heterocycles. The van der Waals surface area contributed by atoms with Gasteiger partial charge in [0.2, 0.25) is 10.0 Å². The van der Waals surface area contributed by atoms with Crippen molar-refractivity contribution in [2.75, 3.05) is 13.7 Å². The Morgan fingerprint density at radius 3 is 2.52 bits per heavy atom. The molecule has 1 atom stereocenters. The van der Waals surface area contributed by atoms with Gasteiger partial charge in [-0.3, -0.25) is 4.79 Å². The summed E-state index contributed by atoms with van der Waals surface area (Å²) in [7, 11) is -2.31. The third-order valence-corrected chi connectivity index (χ3v) is 5.40. The molecule has 1 rings (SSSR count). The first-order chi connectivity index (χ1) is 9.66. The molecule has 21 heavy (non-hydrogen) atoms. The molecule has 2 N–H and O–H groups in total. The van der Waals surface area contributed by atoms with Gasteiger partial charge in [-0.2, -0.15) is 0 Å². The summed E-state index contributed by atoms with van der Waals surface area (Å²) in [4.78, 5) is 11.2. The van der Waals surface area contributed by atoms with Crippen molar-refractivity contribution in [3.05, 3.63) is 22.7 Å². The van der Waals surface area contributed by atoms with E-state index in [-0.39, 0.29) is 11.4 Å². The monoisotopic (exact) mass is 379 g/mol. The molecular formula is C13H18BrNO5S. The summed E-state index contributed by atoms with van der Waals surface area (Å²) in [6, 6.07) is 4.33. The molecule has 0 saturated carbocycles. The van der Waals surface area contributed by atoms with Crippen LogP contribution in [0.2, 0.25) is 0 Å². The molecular weight excluding hydrogens is 362 g/mol. The Kier molecular flexibility index (Phi) is 5.77. The minimum absolute atomic E-state index is 0.0408. The first-order valence-electron chi connectivity index (χ1n) is 6.23. The predicted octanol–water partition coefficient (Wildman–Crippen LogP) is 2.24. The lowest BCUT2D eigenvalue weighted by Gasteiger charge is -2.23. The van der Waals surface area contributed by atoms with E-state index >= 15 is 0 Å². The highest BCUT2D eigenvalue weighted by Gasteiger charge is 2.32. The number of methoxy groups -OCH3 is 1. The number of carboxylic acids is 1. The minimum Gasteiger partial charge on any atom is -0.496 e. The van der Waals surface area contributed by atoms with Gasteiger partial charge in [-0.05, 0) is 47.5 Å². The lowest BCUT2D eigenvalue weighted by atomic mass is 9.88. The molecule has 0 bridgehead atoms. The van der Waals surface area contributed by atoms with Gasteiger partial charge in [-0.15, -0.1) is 0 Å². The Morgan fingerprint density at radius 1 is 1.48 bits per heavy atom. The van der Waals surface area contributed by atoms with Crippen LogP contribution in [0.15, 0.2) is 27.6 Å². The molecule has 0 saturated heterocycles. The molecule has 0 aromatic heterocycles. The van der Waals surface area contributed by atoms with Crippen molar-refractivity contribution >= 4 is 31.9 Å². The van der Waals surface area contributed by atoms with Crippen molar-refractivity contribution in [2.45, 2.75) is 25.2 Å². The molecule has 1 unspecified atom stereocenters. The van der Waals surface area contributed by atoms with Crippen molar-refractivity contribution in [3.63, 3.8) is 0 Å². The summed E-state index contributed by atoms with van der Waals surface area (Å²) in [6.45, 7) is 3.03. The van der Waals surface area contributed by atoms with Gasteiger partial charge in [0.05, 0.1) is 21.9 Å². The molecule has 6 nitrogen and oxygen atoms in total. The highest BCUT2D eigenvalue weighted by molar-refractivity contribution is 9.10. The molecule has 0 amide bonds. The Morgan fingerprint density at radius 2 is 2.10 bits per heavy atom. The zero-order valence-corrected chi connectivity index (χ0v) is 14.4. The number of nitrogens with one attached hydrogen (secondary N) is 1. The van der Waals surface area contributed by atoms with Crippen molar-refractivity contribution in [1.29, 1.82) is 0 Å². The molecule has 0 aliphatic carbocycles. The SMILES string of the molecule is CCC(C)(CNS(=O)(=O)c1ccc(OC)c(Br)c1)C(=O)O. The van der Waals surface area contributed by atoms with Crippen molar-refractivity contribution in [1.82, 2.24) is 4.72 Å². The third-order valence-electron chi connectivity index (χ3n) is 3.38. The summed E-state index contributed by atoms with van der Waals surface area (Å²) in [5.74, 6) is -0.526. The summed E-state index contributed by atoms with van der Waals surface area (Å²) in [6.07, 6.45) is 0.317. The van der Waals surface area contributed by atoms with E-state index in [1.165, 1.54) is 32.2 Å². The van der Waals surface area contributed by atoms with Crippen LogP contribution < -0.4 is 9.46 Å². The fourth-order valence-electron chi connectivity index (χ4n) is 1.50. The third kappa shape index (κ3) is 4.18. The van der Waals surface area contributed by atoms with Gasteiger partial charge < -0.3 is 9.84 Å². The van der Waals surface area contributed by atoms with Gasteiger partial charge in [-0.1, -0.05) is 6.92 Å². The smallest absolute Gasteiger partial charge is 0.310 e. The van der Waals surface area contributed by atoms with Gasteiger partial charge in [-0.25, -0.2) is 13.1 Å². The van der Waals surface area contributed by atoms with Crippen molar-refractivity contribution < 1.29 is 23.1 Å². The van der Waals surface area contributed by atoms with E-state index < -0.39 is 21.4 Å². The molecule has 0 aliphatic heterocycles. The van der Waals surface area contributed by atoms with E-state index in [9.17, 15) is 13.2 Å². The number of sulfonamides is 1. The van der Waals surface area contributed by atoms with Crippen LogP contribution in [0.3, 0.4) is 0 Å². The number of rotatable bonds is 7. The average molecular weight is 380 g/mol. The second-order valence-corrected chi connectivity index (χ2v) is 7.46. The maximum Gasteiger partial charge on any atom is 0.310 e. The lowest BCUT2D eigenvalue weighted by molar-refractivity contribution is -0.147. The fourth-order valence-corrected chi connectivity index (χ4v) is 3.39. The van der Waals surface area contributed by atoms with E-state index in [1.807, 2.05) is 0 Å². The van der Waals surface area contributed by atoms with Crippen LogP contribution in [0.5, 0.6) is 5.75 Å². The maximum absolute atomic E-state index is 12.2. The average Bonchev–Trinajstić information content (AvgIpc) is 2.44. The summed E-state index contributed by atoms with van der Waals surface area (Å²) >= 11 is 3.22. The minimum atomic E-state index is -3.78. The number of ether oxygens (including phenoxy) is 1. The number of benzene rings is 1. The summed E-state index contributed by atoms with van der Waals surface area (Å²) in [5.41, 5.74) is -1.14. The molecule has 0 spiro atoms. The zero-order valence-electron chi connectivity index (χ0n) is 12.0. The van der Waals surface area contributed by atoms with Crippen LogP contribution in [0.4, 0.5) is 0 Å². The zero-order chi connectivity index (χ0) is 16.3. The highest BCUT2D eigenvalue weighted by Crippen LogP contribution is 2.28. The summed E-state index contributed by atoms with van der Waals surface area (Å²) in [5, 5.41) is 9.15. The van der Waals surface area contributed by atoms with Crippen LogP contribution in [0.1, 0.15) is 20.3 Å². The highest BCUT2D eigenvalue weighted by atomic mass is 79.9. The van der Waals surface area contributed by atoms with E-state index in [1.54, 1.807) is 6.92 Å². The van der Waals surface area contributed by atoms with Gasteiger partial charge in [0.1, 0.15) is 5.75 Å². The standard InChI is InChI=1S/C13H18BrNO5S/c1-4-13(2,12(16)17)8-15-21(18,19)9-5-6-11(20-3)10(14)7-9/h5-7,15H,4,8H2,1-3H3,(H,16,17). The van der Waals surface area contributed by atoms with Gasteiger partial charge in [0.15, 0.2) is 0 Å². The lowest BCUT2D eigenvalue weighted by Crippen LogP contribution is -2.40. The van der Waals surface area contributed by atoms with Crippen LogP contribution in [-0.4, -0.2) is 33.1 Å². The largest absolute Gasteiger partial charge is 0.496 e. The topological polar surface area (TPSA) is 92.7 Å². The molecule has 8 heteroatoms. The second kappa shape index (κ2) is 6.76. The van der Waals surface area contributed by atoms with Crippen LogP contribution in [0, 0.1) is 5.41 Å². The molecule has 0 fully saturated rings. The number of hydrogen-bond acceptors (Lipinski definition) is 4. The van der Waals surface area contributed by atoms with E-state index in [0.29, 0.717) is 16.6 Å². The number of carbonyl (C=O) groups is 1. The number of aliphatic carboxylic acids is 1. The van der Waals surface area contributed by atoms with Gasteiger partial charge >= 0.3 is 5.97 Å². The Balaban J connectivity index is 2.97. The van der Waals surface area contributed by atoms with Crippen LogP contribution >= 0.6 is 15.9 Å². The molecule has 0 aliphatic rings. The van der Waals surface area contributed by atoms with Crippen molar-refractivity contribution in [3.8, 4) is 5.75 Å². The van der Waals surface area contributed by atoms with Crippen LogP contribution in [-0.2, 0) is 14.8 Å². The second-order valence-electron chi connectivity index (χ2n) is 4.84. The van der Waals surface area contributed by atoms with E-state index in [4.69, 9.17) is 9.84 Å². The van der Waals surface area contributed by atoms with Crippen molar-refractivity contribution in [2.24, 2.45) is 5.41 Å². The maximum atomic E-state index is 12.2. The van der Waals surface area contributed by atoms with Gasteiger partial charge in [0.25, 0.3) is 0 Å². The van der Waals surface area contributed by atoms with Crippen LogP contribution in [0.25, 0.3) is 0 Å². The normalized spacial score (nSPS) is 14.5. The fraction of sp³-hybridized carbons (Fsp3) is 0.462. The quantitative estimate of drug-likeness (QED) is 0.757. The Hall–Kier alpha value is -1.12.